The number of hydrogen-bond donors (Lipinski definition) is 2. The minimum absolute atomic E-state index is 0.274. The molecule has 0 spiro atoms. The molecule has 2 atom stereocenters. The Balaban J connectivity index is 1.47. The summed E-state index contributed by atoms with van der Waals surface area (Å²) in [6.45, 7) is 0. The summed E-state index contributed by atoms with van der Waals surface area (Å²) >= 11 is 0. The van der Waals surface area contributed by atoms with Crippen molar-refractivity contribution < 1.29 is 14.4 Å². The first kappa shape index (κ1) is 21.9. The van der Waals surface area contributed by atoms with Crippen LogP contribution in [-0.4, -0.2) is 34.8 Å². The van der Waals surface area contributed by atoms with Crippen molar-refractivity contribution in [3.05, 3.63) is 143 Å². The quantitative estimate of drug-likeness (QED) is 0.254. The summed E-state index contributed by atoms with van der Waals surface area (Å²) < 4.78 is 0. The van der Waals surface area contributed by atoms with Crippen molar-refractivity contribution in [1.29, 1.82) is 0 Å². The fourth-order valence-electron chi connectivity index (χ4n) is 5.23. The Kier molecular flexibility index (Phi) is 5.24. The molecule has 0 bridgehead atoms. The molecule has 6 heteroatoms. The largest absolute Gasteiger partial charge is 0.332 e. The van der Waals surface area contributed by atoms with E-state index in [9.17, 15) is 14.4 Å². The number of carbonyl (C=O) groups excluding carboxylic acids is 3. The molecule has 3 amide bonds. The van der Waals surface area contributed by atoms with Gasteiger partial charge in [-0.2, -0.15) is 0 Å². The normalized spacial score (nSPS) is 19.0. The summed E-state index contributed by atoms with van der Waals surface area (Å²) in [5.41, 5.74) is 2.59. The smallest absolute Gasteiger partial charge is 0.263 e. The van der Waals surface area contributed by atoms with Gasteiger partial charge in [0.15, 0.2) is 0 Å². The van der Waals surface area contributed by atoms with E-state index in [0.717, 1.165) is 21.6 Å². The van der Waals surface area contributed by atoms with E-state index in [4.69, 9.17) is 0 Å². The number of nitrogens with one attached hydrogen (secondary N) is 2. The van der Waals surface area contributed by atoms with Gasteiger partial charge in [-0.05, 0) is 28.8 Å². The number of fused-ring (bicyclic) bond motifs is 1. The van der Waals surface area contributed by atoms with E-state index < -0.39 is 29.6 Å². The number of β-lactam (4-membered cyclic amide) rings is 1. The second kappa shape index (κ2) is 8.59. The molecule has 0 unspecified atom stereocenters. The number of imide groups is 1. The second-order valence-electron chi connectivity index (χ2n) is 8.95. The van der Waals surface area contributed by atoms with Crippen molar-refractivity contribution in [2.45, 2.75) is 17.7 Å². The molecule has 2 heterocycles. The van der Waals surface area contributed by atoms with E-state index in [1.807, 2.05) is 91.0 Å². The number of nitrogens with zero attached hydrogens (tertiary/aromatic N) is 1. The van der Waals surface area contributed by atoms with Crippen LogP contribution in [0.4, 0.5) is 0 Å². The first-order valence-corrected chi connectivity index (χ1v) is 11.8. The van der Waals surface area contributed by atoms with Crippen LogP contribution < -0.4 is 10.6 Å². The molecule has 2 aliphatic heterocycles. The predicted molar refractivity (Wildman–Crippen MR) is 135 cm³/mol. The second-order valence-corrected chi connectivity index (χ2v) is 8.95. The van der Waals surface area contributed by atoms with Gasteiger partial charge in [-0.25, -0.2) is 0 Å². The minimum Gasteiger partial charge on any atom is -0.332 e. The molecule has 2 aliphatic rings. The molecule has 0 aromatic heterocycles. The van der Waals surface area contributed by atoms with Gasteiger partial charge in [-0.15, -0.1) is 0 Å². The molecular formula is C30H23N3O3. The van der Waals surface area contributed by atoms with Crippen molar-refractivity contribution in [3.8, 4) is 0 Å². The number of carbonyl (C=O) groups is 3. The third kappa shape index (κ3) is 3.26. The average molecular weight is 474 g/mol. The van der Waals surface area contributed by atoms with Crippen molar-refractivity contribution in [1.82, 2.24) is 15.5 Å². The van der Waals surface area contributed by atoms with E-state index in [1.165, 1.54) is 0 Å². The Morgan fingerprint density at radius 1 is 0.583 bits per heavy atom. The number of hydrogen-bond acceptors (Lipinski definition) is 4. The summed E-state index contributed by atoms with van der Waals surface area (Å²) in [7, 11) is 0. The first-order valence-electron chi connectivity index (χ1n) is 11.8. The van der Waals surface area contributed by atoms with Gasteiger partial charge in [0, 0.05) is 0 Å². The molecule has 0 saturated carbocycles. The molecule has 1 saturated heterocycles. The van der Waals surface area contributed by atoms with Crippen LogP contribution in [0, 0.1) is 0 Å². The van der Waals surface area contributed by atoms with Crippen LogP contribution in [0.1, 0.15) is 37.4 Å². The molecule has 2 N–H and O–H groups in total. The van der Waals surface area contributed by atoms with Gasteiger partial charge in [0.1, 0.15) is 12.2 Å². The van der Waals surface area contributed by atoms with Crippen LogP contribution in [0.15, 0.2) is 115 Å². The standard InChI is InChI=1S/C30H23N3O3/c34-27-25(26(31-27)33-28(35)23-18-10-11-19-24(23)29(33)36)32-30(20-12-4-1-5-13-20,21-14-6-2-7-15-21)22-16-8-3-9-17-22/h1-19,25-26,32H,(H,31,34)/t25-,26+/m0/s1. The fourth-order valence-corrected chi connectivity index (χ4v) is 5.23. The summed E-state index contributed by atoms with van der Waals surface area (Å²) in [6.07, 6.45) is -0.819. The number of benzene rings is 4. The zero-order valence-corrected chi connectivity index (χ0v) is 19.3. The third-order valence-corrected chi connectivity index (χ3v) is 6.98. The Morgan fingerprint density at radius 2 is 0.972 bits per heavy atom. The van der Waals surface area contributed by atoms with Crippen LogP contribution in [0.3, 0.4) is 0 Å². The van der Waals surface area contributed by atoms with Crippen molar-refractivity contribution in [2.24, 2.45) is 0 Å². The summed E-state index contributed by atoms with van der Waals surface area (Å²) in [4.78, 5) is 40.6. The molecular weight excluding hydrogens is 450 g/mol. The molecule has 176 valence electrons. The maximum atomic E-state index is 13.2. The SMILES string of the molecule is O=C1N[C@H](N2C(=O)c3ccccc3C2=O)[C@@H]1NC(c1ccccc1)(c1ccccc1)c1ccccc1. The lowest BCUT2D eigenvalue weighted by Crippen LogP contribution is -2.77. The van der Waals surface area contributed by atoms with E-state index in [-0.39, 0.29) is 5.91 Å². The Hall–Kier alpha value is -4.55. The zero-order chi connectivity index (χ0) is 24.7. The molecule has 0 radical (unpaired) electrons. The summed E-state index contributed by atoms with van der Waals surface area (Å²) in [5.74, 6) is -1.09. The van der Waals surface area contributed by atoms with Gasteiger partial charge in [-0.3, -0.25) is 24.6 Å². The van der Waals surface area contributed by atoms with Gasteiger partial charge < -0.3 is 5.32 Å². The molecule has 0 aliphatic carbocycles. The molecule has 6 nitrogen and oxygen atoms in total. The third-order valence-electron chi connectivity index (χ3n) is 6.98. The van der Waals surface area contributed by atoms with Crippen molar-refractivity contribution in [3.63, 3.8) is 0 Å². The van der Waals surface area contributed by atoms with Crippen LogP contribution in [0.5, 0.6) is 0 Å². The van der Waals surface area contributed by atoms with Gasteiger partial charge in [0.25, 0.3) is 11.8 Å². The highest BCUT2D eigenvalue weighted by atomic mass is 16.2. The lowest BCUT2D eigenvalue weighted by molar-refractivity contribution is -0.135. The highest BCUT2D eigenvalue weighted by Crippen LogP contribution is 2.39. The van der Waals surface area contributed by atoms with E-state index in [2.05, 4.69) is 10.6 Å². The zero-order valence-electron chi connectivity index (χ0n) is 19.3. The van der Waals surface area contributed by atoms with E-state index in [1.54, 1.807) is 24.3 Å². The van der Waals surface area contributed by atoms with Crippen molar-refractivity contribution >= 4 is 17.7 Å². The molecule has 1 fully saturated rings. The van der Waals surface area contributed by atoms with Crippen LogP contribution in [-0.2, 0) is 10.3 Å². The topological polar surface area (TPSA) is 78.5 Å². The maximum absolute atomic E-state index is 13.2. The lowest BCUT2D eigenvalue weighted by Gasteiger charge is -2.47. The fraction of sp³-hybridized carbons (Fsp3) is 0.100. The van der Waals surface area contributed by atoms with E-state index in [0.29, 0.717) is 11.1 Å². The molecule has 4 aromatic rings. The molecule has 6 rings (SSSR count). The summed E-state index contributed by atoms with van der Waals surface area (Å²) in [6, 6.07) is 35.6. The number of amides is 3. The molecule has 4 aromatic carbocycles. The Bertz CT molecular complexity index is 1320. The van der Waals surface area contributed by atoms with Gasteiger partial charge in [-0.1, -0.05) is 103 Å². The van der Waals surface area contributed by atoms with Crippen LogP contribution in [0.25, 0.3) is 0 Å². The monoisotopic (exact) mass is 473 g/mol. The van der Waals surface area contributed by atoms with Gasteiger partial charge in [0.2, 0.25) is 5.91 Å². The lowest BCUT2D eigenvalue weighted by atomic mass is 9.76. The first-order chi connectivity index (χ1) is 17.6. The van der Waals surface area contributed by atoms with Crippen molar-refractivity contribution in [2.75, 3.05) is 0 Å². The van der Waals surface area contributed by atoms with Crippen LogP contribution >= 0.6 is 0 Å². The highest BCUT2D eigenvalue weighted by Gasteiger charge is 2.54. The predicted octanol–water partition coefficient (Wildman–Crippen LogP) is 3.69. The van der Waals surface area contributed by atoms with Gasteiger partial charge in [0.05, 0.1) is 16.7 Å². The Morgan fingerprint density at radius 3 is 1.36 bits per heavy atom. The number of rotatable bonds is 6. The Labute approximate surface area is 208 Å². The average Bonchev–Trinajstić information content (AvgIpc) is 3.19. The van der Waals surface area contributed by atoms with Crippen LogP contribution in [0.2, 0.25) is 0 Å². The minimum atomic E-state index is -0.914. The highest BCUT2D eigenvalue weighted by molar-refractivity contribution is 6.22. The van der Waals surface area contributed by atoms with Gasteiger partial charge >= 0.3 is 0 Å². The maximum Gasteiger partial charge on any atom is 0.263 e. The molecule has 36 heavy (non-hydrogen) atoms. The summed E-state index contributed by atoms with van der Waals surface area (Å²) in [5, 5.41) is 6.39. The van der Waals surface area contributed by atoms with E-state index >= 15 is 0 Å².